The molecule has 0 saturated carbocycles. The van der Waals surface area contributed by atoms with Crippen LogP contribution in [0.15, 0.2) is 24.5 Å². The Morgan fingerprint density at radius 2 is 2.26 bits per heavy atom. The predicted octanol–water partition coefficient (Wildman–Crippen LogP) is 3.63. The number of anilines is 1. The lowest BCUT2D eigenvalue weighted by atomic mass is 9.98. The molecule has 0 bridgehead atoms. The van der Waals surface area contributed by atoms with Gasteiger partial charge in [-0.3, -0.25) is 5.10 Å². The lowest BCUT2D eigenvalue weighted by Crippen LogP contribution is -2.41. The maximum Gasteiger partial charge on any atom is 0.420 e. The summed E-state index contributed by atoms with van der Waals surface area (Å²) in [6.45, 7) is 2.67. The number of halogens is 3. The first-order valence-electron chi connectivity index (χ1n) is 8.63. The highest BCUT2D eigenvalue weighted by Crippen LogP contribution is 2.38. The normalized spacial score (nSPS) is 17.6. The number of amides is 2. The van der Waals surface area contributed by atoms with E-state index in [0.29, 0.717) is 18.9 Å². The maximum atomic E-state index is 13.2. The molecule has 3 rings (SSSR count). The minimum Gasteiger partial charge on any atom is -0.493 e. The second-order valence-corrected chi connectivity index (χ2v) is 6.23. The lowest BCUT2D eigenvalue weighted by molar-refractivity contribution is -0.138. The fourth-order valence-electron chi connectivity index (χ4n) is 3.11. The Morgan fingerprint density at radius 3 is 2.93 bits per heavy atom. The zero-order chi connectivity index (χ0) is 19.4. The van der Waals surface area contributed by atoms with E-state index in [1.54, 1.807) is 11.8 Å². The first kappa shape index (κ1) is 19.0. The van der Waals surface area contributed by atoms with Gasteiger partial charge in [0.2, 0.25) is 0 Å². The molecule has 27 heavy (non-hydrogen) atoms. The van der Waals surface area contributed by atoms with Crippen molar-refractivity contribution in [1.82, 2.24) is 20.1 Å². The smallest absolute Gasteiger partial charge is 0.420 e. The van der Waals surface area contributed by atoms with E-state index in [1.807, 2.05) is 0 Å². The van der Waals surface area contributed by atoms with Gasteiger partial charge in [-0.2, -0.15) is 18.3 Å². The Hall–Kier alpha value is -2.78. The van der Waals surface area contributed by atoms with Crippen LogP contribution < -0.4 is 10.1 Å². The van der Waals surface area contributed by atoms with E-state index in [1.165, 1.54) is 18.5 Å². The zero-order valence-electron chi connectivity index (χ0n) is 14.7. The number of aromatic nitrogens is 3. The van der Waals surface area contributed by atoms with Crippen LogP contribution in [0, 0.1) is 0 Å². The Balaban J connectivity index is 1.71. The number of nitrogens with one attached hydrogen (secondary N) is 2. The van der Waals surface area contributed by atoms with Gasteiger partial charge in [0, 0.05) is 24.7 Å². The summed E-state index contributed by atoms with van der Waals surface area (Å²) < 4.78 is 44.7. The van der Waals surface area contributed by atoms with Crippen molar-refractivity contribution in [3.8, 4) is 5.75 Å². The van der Waals surface area contributed by atoms with Gasteiger partial charge in [0.05, 0.1) is 12.2 Å². The zero-order valence-corrected chi connectivity index (χ0v) is 14.7. The Labute approximate surface area is 153 Å². The molecule has 1 aromatic heterocycles. The van der Waals surface area contributed by atoms with Gasteiger partial charge in [-0.05, 0) is 38.0 Å². The van der Waals surface area contributed by atoms with Crippen LogP contribution in [-0.4, -0.2) is 45.8 Å². The van der Waals surface area contributed by atoms with Crippen LogP contribution in [-0.2, 0) is 6.18 Å². The number of piperidine rings is 1. The number of H-pyrrole nitrogens is 1. The molecule has 0 radical (unpaired) electrons. The van der Waals surface area contributed by atoms with Crippen molar-refractivity contribution in [2.24, 2.45) is 0 Å². The fourth-order valence-corrected chi connectivity index (χ4v) is 3.11. The lowest BCUT2D eigenvalue weighted by Gasteiger charge is -2.31. The van der Waals surface area contributed by atoms with Crippen molar-refractivity contribution in [2.75, 3.05) is 25.0 Å². The SMILES string of the molecule is CCOc1ccc(NC(=O)N2CCC[C@@H](c3ncn[nH]3)C2)cc1C(F)(F)F. The quantitative estimate of drug-likeness (QED) is 0.845. The number of hydrogen-bond donors (Lipinski definition) is 2. The minimum atomic E-state index is -4.58. The molecule has 2 aromatic rings. The standard InChI is InChI=1S/C17H20F3N5O2/c1-2-27-14-6-5-12(8-13(14)17(18,19)20)23-16(26)25-7-3-4-11(9-25)15-21-10-22-24-15/h5-6,8,10-11H,2-4,7,9H2,1H3,(H,23,26)(H,21,22,24)/t11-/m1/s1. The molecule has 1 atom stereocenters. The van der Waals surface area contributed by atoms with Crippen LogP contribution in [0.2, 0.25) is 0 Å². The number of alkyl halides is 3. The monoisotopic (exact) mass is 383 g/mol. The number of benzene rings is 1. The third-order valence-corrected chi connectivity index (χ3v) is 4.37. The number of nitrogens with zero attached hydrogens (tertiary/aromatic N) is 3. The third-order valence-electron chi connectivity index (χ3n) is 4.37. The molecule has 2 heterocycles. The third kappa shape index (κ3) is 4.50. The molecule has 2 N–H and O–H groups in total. The van der Waals surface area contributed by atoms with E-state index in [2.05, 4.69) is 20.5 Å². The topological polar surface area (TPSA) is 83.1 Å². The molecule has 0 aliphatic carbocycles. The van der Waals surface area contributed by atoms with Crippen molar-refractivity contribution in [3.63, 3.8) is 0 Å². The summed E-state index contributed by atoms with van der Waals surface area (Å²) in [7, 11) is 0. The number of rotatable bonds is 4. The fraction of sp³-hybridized carbons (Fsp3) is 0.471. The maximum absolute atomic E-state index is 13.2. The Morgan fingerprint density at radius 1 is 1.44 bits per heavy atom. The second-order valence-electron chi connectivity index (χ2n) is 6.23. The molecule has 7 nitrogen and oxygen atoms in total. The van der Waals surface area contributed by atoms with Crippen LogP contribution in [0.25, 0.3) is 0 Å². The van der Waals surface area contributed by atoms with Gasteiger partial charge in [-0.1, -0.05) is 0 Å². The van der Waals surface area contributed by atoms with Crippen molar-refractivity contribution < 1.29 is 22.7 Å². The summed E-state index contributed by atoms with van der Waals surface area (Å²) in [6.07, 6.45) is -1.53. The molecule has 146 valence electrons. The summed E-state index contributed by atoms with van der Waals surface area (Å²) in [5.74, 6) is 0.470. The molecule has 1 saturated heterocycles. The summed E-state index contributed by atoms with van der Waals surface area (Å²) in [5, 5.41) is 9.16. The van der Waals surface area contributed by atoms with E-state index in [9.17, 15) is 18.0 Å². The number of likely N-dealkylation sites (tertiary alicyclic amines) is 1. The number of aromatic amines is 1. The number of ether oxygens (including phenoxy) is 1. The number of urea groups is 1. The highest BCUT2D eigenvalue weighted by Gasteiger charge is 2.35. The predicted molar refractivity (Wildman–Crippen MR) is 91.6 cm³/mol. The van der Waals surface area contributed by atoms with E-state index in [0.717, 1.165) is 18.9 Å². The molecule has 1 aliphatic rings. The molecule has 10 heteroatoms. The van der Waals surface area contributed by atoms with E-state index >= 15 is 0 Å². The second kappa shape index (κ2) is 7.85. The largest absolute Gasteiger partial charge is 0.493 e. The number of carbonyl (C=O) groups is 1. The van der Waals surface area contributed by atoms with Gasteiger partial charge in [-0.25, -0.2) is 9.78 Å². The molecule has 1 aliphatic heterocycles. The molecule has 0 spiro atoms. The molecule has 2 amide bonds. The highest BCUT2D eigenvalue weighted by molar-refractivity contribution is 5.89. The van der Waals surface area contributed by atoms with Crippen molar-refractivity contribution in [3.05, 3.63) is 35.9 Å². The van der Waals surface area contributed by atoms with Gasteiger partial charge in [-0.15, -0.1) is 0 Å². The Bertz CT molecular complexity index is 779. The molecular formula is C17H20F3N5O2. The van der Waals surface area contributed by atoms with Crippen LogP contribution in [0.1, 0.15) is 37.1 Å². The van der Waals surface area contributed by atoms with Crippen molar-refractivity contribution in [1.29, 1.82) is 0 Å². The van der Waals surface area contributed by atoms with Gasteiger partial charge in [0.25, 0.3) is 0 Å². The average Bonchev–Trinajstić information content (AvgIpc) is 3.17. The van der Waals surface area contributed by atoms with Crippen molar-refractivity contribution >= 4 is 11.7 Å². The highest BCUT2D eigenvalue weighted by atomic mass is 19.4. The molecule has 0 unspecified atom stereocenters. The average molecular weight is 383 g/mol. The summed E-state index contributed by atoms with van der Waals surface area (Å²) in [6, 6.07) is 3.06. The first-order valence-corrected chi connectivity index (χ1v) is 8.63. The summed E-state index contributed by atoms with van der Waals surface area (Å²) in [4.78, 5) is 18.2. The molecular weight excluding hydrogens is 363 g/mol. The van der Waals surface area contributed by atoms with Gasteiger partial charge in [0.15, 0.2) is 0 Å². The number of carbonyl (C=O) groups excluding carboxylic acids is 1. The van der Waals surface area contributed by atoms with E-state index < -0.39 is 17.8 Å². The van der Waals surface area contributed by atoms with Crippen LogP contribution >= 0.6 is 0 Å². The summed E-state index contributed by atoms with van der Waals surface area (Å²) >= 11 is 0. The van der Waals surface area contributed by atoms with E-state index in [-0.39, 0.29) is 24.0 Å². The van der Waals surface area contributed by atoms with Crippen LogP contribution in [0.4, 0.5) is 23.7 Å². The van der Waals surface area contributed by atoms with E-state index in [4.69, 9.17) is 4.74 Å². The summed E-state index contributed by atoms with van der Waals surface area (Å²) in [5.41, 5.74) is -0.849. The van der Waals surface area contributed by atoms with Crippen molar-refractivity contribution in [2.45, 2.75) is 31.9 Å². The van der Waals surface area contributed by atoms with Gasteiger partial charge >= 0.3 is 12.2 Å². The Kier molecular flexibility index (Phi) is 5.52. The van der Waals surface area contributed by atoms with Crippen LogP contribution in [0.3, 0.4) is 0 Å². The van der Waals surface area contributed by atoms with Crippen LogP contribution in [0.5, 0.6) is 5.75 Å². The molecule has 1 fully saturated rings. The minimum absolute atomic E-state index is 0.0260. The molecule has 1 aromatic carbocycles. The first-order chi connectivity index (χ1) is 12.9. The van der Waals surface area contributed by atoms with Gasteiger partial charge in [0.1, 0.15) is 17.9 Å². The van der Waals surface area contributed by atoms with Gasteiger partial charge < -0.3 is 15.0 Å². The number of hydrogen-bond acceptors (Lipinski definition) is 4.